The van der Waals surface area contributed by atoms with E-state index in [1.165, 1.54) is 42.0 Å². The number of halogens is 1. The van der Waals surface area contributed by atoms with Gasteiger partial charge in [0.2, 0.25) is 5.91 Å². The lowest BCUT2D eigenvalue weighted by molar-refractivity contribution is -0.113. The Morgan fingerprint density at radius 1 is 1.27 bits per heavy atom. The zero-order valence-corrected chi connectivity index (χ0v) is 18.6. The predicted octanol–water partition coefficient (Wildman–Crippen LogP) is 5.61. The van der Waals surface area contributed by atoms with Gasteiger partial charge in [-0.05, 0) is 48.9 Å². The summed E-state index contributed by atoms with van der Waals surface area (Å²) >= 11 is 3.12. The van der Waals surface area contributed by atoms with Crippen molar-refractivity contribution < 1.29 is 9.18 Å². The Kier molecular flexibility index (Phi) is 6.84. The number of nitrogens with zero attached hydrogens (tertiary/aromatic N) is 3. The number of aryl methyl sites for hydroxylation is 1. The smallest absolute Gasteiger partial charge is 0.234 e. The Balaban J connectivity index is 1.46. The molecule has 2 heterocycles. The van der Waals surface area contributed by atoms with E-state index in [0.29, 0.717) is 17.3 Å². The average Bonchev–Trinajstić information content (AvgIpc) is 3.40. The molecule has 1 amide bonds. The van der Waals surface area contributed by atoms with Gasteiger partial charge in [0.05, 0.1) is 5.75 Å². The van der Waals surface area contributed by atoms with E-state index >= 15 is 0 Å². The molecule has 3 aromatic rings. The van der Waals surface area contributed by atoms with Gasteiger partial charge in [-0.2, -0.15) is 0 Å². The van der Waals surface area contributed by atoms with E-state index in [0.717, 1.165) is 30.2 Å². The van der Waals surface area contributed by atoms with Crippen LogP contribution in [0.5, 0.6) is 0 Å². The summed E-state index contributed by atoms with van der Waals surface area (Å²) in [5, 5.41) is 14.5. The number of anilines is 1. The summed E-state index contributed by atoms with van der Waals surface area (Å²) < 4.78 is 16.0. The molecule has 0 aliphatic heterocycles. The summed E-state index contributed by atoms with van der Waals surface area (Å²) in [5.74, 6) is 0.670. The van der Waals surface area contributed by atoms with Crippen LogP contribution >= 0.6 is 23.1 Å². The van der Waals surface area contributed by atoms with Crippen LogP contribution in [-0.2, 0) is 11.2 Å². The van der Waals surface area contributed by atoms with E-state index in [2.05, 4.69) is 37.6 Å². The number of carbonyl (C=O) groups is 1. The number of thioether (sulfide) groups is 1. The van der Waals surface area contributed by atoms with Gasteiger partial charge < -0.3 is 9.88 Å². The fraction of sp³-hybridized carbons (Fsp3) is 0.409. The summed E-state index contributed by atoms with van der Waals surface area (Å²) in [6.45, 7) is 1.70. The molecule has 5 nitrogen and oxygen atoms in total. The third kappa shape index (κ3) is 5.10. The molecular formula is C22H25FN4OS2. The first-order valence-electron chi connectivity index (χ1n) is 10.2. The molecule has 30 heavy (non-hydrogen) atoms. The zero-order valence-electron chi connectivity index (χ0n) is 16.9. The summed E-state index contributed by atoms with van der Waals surface area (Å²) in [6.07, 6.45) is 6.71. The molecule has 0 atom stereocenters. The lowest BCUT2D eigenvalue weighted by Gasteiger charge is -2.25. The van der Waals surface area contributed by atoms with Crippen LogP contribution in [0.15, 0.2) is 40.9 Å². The fourth-order valence-corrected chi connectivity index (χ4v) is 5.33. The van der Waals surface area contributed by atoms with Gasteiger partial charge in [-0.3, -0.25) is 4.79 Å². The first-order valence-corrected chi connectivity index (χ1v) is 12.1. The van der Waals surface area contributed by atoms with Crippen molar-refractivity contribution in [1.29, 1.82) is 0 Å². The number of hydrogen-bond acceptors (Lipinski definition) is 5. The highest BCUT2D eigenvalue weighted by molar-refractivity contribution is 7.99. The maximum atomic E-state index is 13.7. The van der Waals surface area contributed by atoms with Crippen LogP contribution < -0.4 is 5.32 Å². The third-order valence-electron chi connectivity index (χ3n) is 5.38. The van der Waals surface area contributed by atoms with Crippen molar-refractivity contribution >= 4 is 34.7 Å². The normalized spacial score (nSPS) is 14.7. The van der Waals surface area contributed by atoms with E-state index in [1.54, 1.807) is 30.4 Å². The minimum Gasteiger partial charge on any atom is -0.325 e. The number of hydrogen-bond donors (Lipinski definition) is 1. The van der Waals surface area contributed by atoms with Crippen LogP contribution in [0.2, 0.25) is 0 Å². The van der Waals surface area contributed by atoms with Gasteiger partial charge in [0.1, 0.15) is 11.6 Å². The number of nitrogens with one attached hydrogen (secondary N) is 1. The average molecular weight is 445 g/mol. The summed E-state index contributed by atoms with van der Waals surface area (Å²) in [6, 6.07) is 9.28. The molecule has 0 unspecified atom stereocenters. The van der Waals surface area contributed by atoms with Crippen molar-refractivity contribution in [2.75, 3.05) is 11.1 Å². The molecule has 1 aromatic carbocycles. The van der Waals surface area contributed by atoms with Gasteiger partial charge in [-0.1, -0.05) is 43.2 Å². The van der Waals surface area contributed by atoms with Crippen LogP contribution in [0.3, 0.4) is 0 Å². The summed E-state index contributed by atoms with van der Waals surface area (Å²) in [5.41, 5.74) is 1.03. The Hall–Kier alpha value is -2.19. The zero-order chi connectivity index (χ0) is 20.9. The molecule has 2 aromatic heterocycles. The van der Waals surface area contributed by atoms with Gasteiger partial charge in [-0.25, -0.2) is 4.39 Å². The number of aromatic nitrogens is 3. The molecule has 0 saturated heterocycles. The Morgan fingerprint density at radius 3 is 2.83 bits per heavy atom. The molecule has 1 fully saturated rings. The SMILES string of the molecule is Cc1ccc(NC(=O)CSc2nnc(Cc3cccs3)n2C2CCCCC2)cc1F. The van der Waals surface area contributed by atoms with E-state index < -0.39 is 0 Å². The van der Waals surface area contributed by atoms with E-state index in [9.17, 15) is 9.18 Å². The van der Waals surface area contributed by atoms with Gasteiger partial charge in [0.15, 0.2) is 5.16 Å². The maximum Gasteiger partial charge on any atom is 0.234 e. The lowest BCUT2D eigenvalue weighted by Crippen LogP contribution is -2.18. The quantitative estimate of drug-likeness (QED) is 0.481. The molecule has 0 radical (unpaired) electrons. The van der Waals surface area contributed by atoms with Crippen LogP contribution in [0.25, 0.3) is 0 Å². The van der Waals surface area contributed by atoms with Crippen molar-refractivity contribution in [3.8, 4) is 0 Å². The first kappa shape index (κ1) is 21.1. The number of carbonyl (C=O) groups excluding carboxylic acids is 1. The second-order valence-corrected chi connectivity index (χ2v) is 9.59. The molecule has 1 saturated carbocycles. The van der Waals surface area contributed by atoms with Gasteiger partial charge in [0.25, 0.3) is 0 Å². The topological polar surface area (TPSA) is 59.8 Å². The van der Waals surface area contributed by atoms with Crippen LogP contribution in [0, 0.1) is 12.7 Å². The lowest BCUT2D eigenvalue weighted by atomic mass is 9.95. The van der Waals surface area contributed by atoms with Gasteiger partial charge in [-0.15, -0.1) is 21.5 Å². The van der Waals surface area contributed by atoms with E-state index in [1.807, 2.05) is 0 Å². The van der Waals surface area contributed by atoms with Gasteiger partial charge >= 0.3 is 0 Å². The van der Waals surface area contributed by atoms with Crippen molar-refractivity contribution in [3.05, 3.63) is 57.8 Å². The molecule has 0 spiro atoms. The first-order chi connectivity index (χ1) is 14.6. The molecule has 1 N–H and O–H groups in total. The largest absolute Gasteiger partial charge is 0.325 e. The van der Waals surface area contributed by atoms with Crippen LogP contribution in [0.4, 0.5) is 10.1 Å². The number of amides is 1. The number of benzene rings is 1. The maximum absolute atomic E-state index is 13.7. The monoisotopic (exact) mass is 444 g/mol. The van der Waals surface area contributed by atoms with Crippen LogP contribution in [-0.4, -0.2) is 26.4 Å². The third-order valence-corrected chi connectivity index (χ3v) is 7.19. The molecule has 1 aliphatic carbocycles. The minimum atomic E-state index is -0.323. The summed E-state index contributed by atoms with van der Waals surface area (Å²) in [7, 11) is 0. The van der Waals surface area contributed by atoms with Crippen molar-refractivity contribution in [1.82, 2.24) is 14.8 Å². The summed E-state index contributed by atoms with van der Waals surface area (Å²) in [4.78, 5) is 13.7. The van der Waals surface area contributed by atoms with Crippen molar-refractivity contribution in [2.45, 2.75) is 56.6 Å². The predicted molar refractivity (Wildman–Crippen MR) is 120 cm³/mol. The van der Waals surface area contributed by atoms with Crippen molar-refractivity contribution in [2.24, 2.45) is 0 Å². The molecule has 158 valence electrons. The van der Waals surface area contributed by atoms with Gasteiger partial charge in [0, 0.05) is 23.0 Å². The minimum absolute atomic E-state index is 0.179. The molecule has 4 rings (SSSR count). The second kappa shape index (κ2) is 9.75. The van der Waals surface area contributed by atoms with Crippen LogP contribution in [0.1, 0.15) is 54.4 Å². The number of rotatable bonds is 7. The second-order valence-electron chi connectivity index (χ2n) is 7.62. The highest BCUT2D eigenvalue weighted by Gasteiger charge is 2.23. The molecule has 0 bridgehead atoms. The fourth-order valence-electron chi connectivity index (χ4n) is 3.80. The highest BCUT2D eigenvalue weighted by atomic mass is 32.2. The molecule has 1 aliphatic rings. The van der Waals surface area contributed by atoms with E-state index in [4.69, 9.17) is 0 Å². The molecular weight excluding hydrogens is 419 g/mol. The number of thiophene rings is 1. The van der Waals surface area contributed by atoms with E-state index in [-0.39, 0.29) is 17.5 Å². The Bertz CT molecular complexity index is 997. The Morgan fingerprint density at radius 2 is 2.10 bits per heavy atom. The molecule has 8 heteroatoms. The standard InChI is InChI=1S/C22H25FN4OS2/c1-15-9-10-16(12-19(15)23)24-21(28)14-30-22-26-25-20(13-18-8-5-11-29-18)27(22)17-6-3-2-4-7-17/h5,8-12,17H,2-4,6-7,13-14H2,1H3,(H,24,28). The van der Waals surface area contributed by atoms with Crippen molar-refractivity contribution in [3.63, 3.8) is 0 Å². The highest BCUT2D eigenvalue weighted by Crippen LogP contribution is 2.33. The Labute approximate surface area is 184 Å².